The summed E-state index contributed by atoms with van der Waals surface area (Å²) in [5.41, 5.74) is -0.125. The highest BCUT2D eigenvalue weighted by Gasteiger charge is 2.36. The third kappa shape index (κ3) is 4.26. The summed E-state index contributed by atoms with van der Waals surface area (Å²) in [7, 11) is 1.99. The molecule has 26 heavy (non-hydrogen) atoms. The van der Waals surface area contributed by atoms with E-state index in [-0.39, 0.29) is 17.6 Å². The number of amides is 1. The first-order valence-electron chi connectivity index (χ1n) is 9.51. The van der Waals surface area contributed by atoms with Crippen LogP contribution in [0.4, 0.5) is 11.8 Å². The van der Waals surface area contributed by atoms with Crippen molar-refractivity contribution in [1.29, 1.82) is 0 Å². The summed E-state index contributed by atoms with van der Waals surface area (Å²) in [6, 6.07) is 1.93. The van der Waals surface area contributed by atoms with E-state index in [4.69, 9.17) is 4.98 Å². The molecular formula is C19H31N5O2. The molecule has 2 fully saturated rings. The van der Waals surface area contributed by atoms with Crippen LogP contribution in [-0.4, -0.2) is 70.8 Å². The highest BCUT2D eigenvalue weighted by atomic mass is 16.3. The Morgan fingerprint density at radius 3 is 2.62 bits per heavy atom. The molecule has 1 aromatic heterocycles. The zero-order valence-electron chi connectivity index (χ0n) is 16.4. The minimum Gasteiger partial charge on any atom is -0.393 e. The van der Waals surface area contributed by atoms with E-state index in [0.29, 0.717) is 18.3 Å². The van der Waals surface area contributed by atoms with Crippen molar-refractivity contribution < 1.29 is 9.90 Å². The molecule has 0 spiro atoms. The number of carbonyl (C=O) groups is 1. The molecule has 2 aliphatic rings. The highest BCUT2D eigenvalue weighted by Crippen LogP contribution is 2.27. The molecule has 3 rings (SSSR count). The Bertz CT molecular complexity index is 637. The van der Waals surface area contributed by atoms with Gasteiger partial charge in [-0.05, 0) is 39.7 Å². The molecule has 3 heterocycles. The molecule has 0 bridgehead atoms. The number of rotatable bonds is 4. The fraction of sp³-hybridized carbons (Fsp3) is 0.737. The van der Waals surface area contributed by atoms with Gasteiger partial charge < -0.3 is 19.8 Å². The van der Waals surface area contributed by atoms with E-state index in [1.807, 2.05) is 22.9 Å². The summed E-state index contributed by atoms with van der Waals surface area (Å²) < 4.78 is 0. The molecule has 1 atom stereocenters. The van der Waals surface area contributed by atoms with E-state index >= 15 is 0 Å². The van der Waals surface area contributed by atoms with E-state index in [2.05, 4.69) is 30.7 Å². The van der Waals surface area contributed by atoms with Gasteiger partial charge in [-0.25, -0.2) is 4.98 Å². The molecule has 1 aromatic rings. The Labute approximate surface area is 156 Å². The Kier molecular flexibility index (Phi) is 5.37. The summed E-state index contributed by atoms with van der Waals surface area (Å²) in [6.45, 7) is 9.44. The van der Waals surface area contributed by atoms with Gasteiger partial charge in [-0.1, -0.05) is 0 Å². The number of hydrogen-bond acceptors (Lipinski definition) is 6. The molecule has 1 unspecified atom stereocenters. The fourth-order valence-corrected chi connectivity index (χ4v) is 3.82. The summed E-state index contributed by atoms with van der Waals surface area (Å²) in [5.74, 6) is 2.13. The number of piperidine rings is 1. The van der Waals surface area contributed by atoms with Crippen molar-refractivity contribution in [1.82, 2.24) is 14.9 Å². The molecule has 0 saturated carbocycles. The minimum atomic E-state index is -0.194. The number of hydrogen-bond donors (Lipinski definition) is 1. The first-order chi connectivity index (χ1) is 12.2. The van der Waals surface area contributed by atoms with Crippen LogP contribution < -0.4 is 9.80 Å². The predicted molar refractivity (Wildman–Crippen MR) is 102 cm³/mol. The van der Waals surface area contributed by atoms with Gasteiger partial charge in [0.05, 0.1) is 6.10 Å². The van der Waals surface area contributed by atoms with Gasteiger partial charge in [-0.3, -0.25) is 4.79 Å². The van der Waals surface area contributed by atoms with Crippen molar-refractivity contribution in [3.8, 4) is 0 Å². The predicted octanol–water partition coefficient (Wildman–Crippen LogP) is 1.52. The SMILES string of the molecule is CN(CC1CC(=O)N(C(C)(C)C)C1)c1nccc(N2CCC(O)CC2)n1. The lowest BCUT2D eigenvalue weighted by Gasteiger charge is -2.32. The van der Waals surface area contributed by atoms with Crippen LogP contribution >= 0.6 is 0 Å². The average Bonchev–Trinajstić information content (AvgIpc) is 2.96. The van der Waals surface area contributed by atoms with Gasteiger partial charge in [0.15, 0.2) is 0 Å². The maximum atomic E-state index is 12.3. The zero-order valence-corrected chi connectivity index (χ0v) is 16.4. The number of anilines is 2. The monoisotopic (exact) mass is 361 g/mol. The van der Waals surface area contributed by atoms with Gasteiger partial charge in [-0.2, -0.15) is 4.98 Å². The molecule has 2 saturated heterocycles. The maximum Gasteiger partial charge on any atom is 0.227 e. The van der Waals surface area contributed by atoms with Crippen LogP contribution in [0.25, 0.3) is 0 Å². The molecule has 144 valence electrons. The molecule has 0 aliphatic carbocycles. The first kappa shape index (κ1) is 18.9. The number of aliphatic hydroxyl groups excluding tert-OH is 1. The van der Waals surface area contributed by atoms with Crippen LogP contribution in [0.3, 0.4) is 0 Å². The first-order valence-corrected chi connectivity index (χ1v) is 9.51. The van der Waals surface area contributed by atoms with E-state index in [1.54, 1.807) is 6.20 Å². The second-order valence-electron chi connectivity index (χ2n) is 8.56. The van der Waals surface area contributed by atoms with E-state index in [9.17, 15) is 9.90 Å². The zero-order chi connectivity index (χ0) is 18.9. The summed E-state index contributed by atoms with van der Waals surface area (Å²) in [5, 5.41) is 9.68. The minimum absolute atomic E-state index is 0.125. The van der Waals surface area contributed by atoms with Crippen molar-refractivity contribution in [3.63, 3.8) is 0 Å². The molecule has 1 amide bonds. The van der Waals surface area contributed by atoms with Crippen molar-refractivity contribution in [2.45, 2.75) is 51.7 Å². The smallest absolute Gasteiger partial charge is 0.227 e. The maximum absolute atomic E-state index is 12.3. The quantitative estimate of drug-likeness (QED) is 0.877. The van der Waals surface area contributed by atoms with Crippen LogP contribution in [0, 0.1) is 5.92 Å². The molecule has 7 heteroatoms. The van der Waals surface area contributed by atoms with Crippen LogP contribution in [-0.2, 0) is 4.79 Å². The Morgan fingerprint density at radius 2 is 2.00 bits per heavy atom. The summed E-state index contributed by atoms with van der Waals surface area (Å²) >= 11 is 0. The normalized spacial score (nSPS) is 22.2. The van der Waals surface area contributed by atoms with Crippen LogP contribution in [0.15, 0.2) is 12.3 Å². The topological polar surface area (TPSA) is 72.8 Å². The lowest BCUT2D eigenvalue weighted by Crippen LogP contribution is -2.42. The lowest BCUT2D eigenvalue weighted by molar-refractivity contribution is -0.131. The summed E-state index contributed by atoms with van der Waals surface area (Å²) in [4.78, 5) is 27.6. The number of aromatic nitrogens is 2. The highest BCUT2D eigenvalue weighted by molar-refractivity contribution is 5.79. The van der Waals surface area contributed by atoms with Crippen molar-refractivity contribution in [3.05, 3.63) is 12.3 Å². The number of nitrogens with zero attached hydrogens (tertiary/aromatic N) is 5. The third-order valence-corrected chi connectivity index (χ3v) is 5.30. The lowest BCUT2D eigenvalue weighted by atomic mass is 10.1. The third-order valence-electron chi connectivity index (χ3n) is 5.30. The number of aliphatic hydroxyl groups is 1. The van der Waals surface area contributed by atoms with Crippen molar-refractivity contribution in [2.24, 2.45) is 5.92 Å². The van der Waals surface area contributed by atoms with Gasteiger partial charge in [0, 0.05) is 57.3 Å². The van der Waals surface area contributed by atoms with Crippen LogP contribution in [0.5, 0.6) is 0 Å². The van der Waals surface area contributed by atoms with Gasteiger partial charge >= 0.3 is 0 Å². The van der Waals surface area contributed by atoms with E-state index in [0.717, 1.165) is 44.8 Å². The van der Waals surface area contributed by atoms with Gasteiger partial charge in [0.25, 0.3) is 0 Å². The molecular weight excluding hydrogens is 330 g/mol. The van der Waals surface area contributed by atoms with Crippen molar-refractivity contribution in [2.75, 3.05) is 43.0 Å². The second-order valence-corrected chi connectivity index (χ2v) is 8.56. The van der Waals surface area contributed by atoms with Gasteiger partial charge in [0.1, 0.15) is 5.82 Å². The second kappa shape index (κ2) is 7.39. The van der Waals surface area contributed by atoms with Crippen molar-refractivity contribution >= 4 is 17.7 Å². The standard InChI is InChI=1S/C19H31N5O2/c1-19(2,3)24-13-14(11-17(24)26)12-22(4)18-20-8-5-16(21-18)23-9-6-15(25)7-10-23/h5,8,14-15,25H,6-7,9-13H2,1-4H3. The Morgan fingerprint density at radius 1 is 1.31 bits per heavy atom. The molecule has 2 aliphatic heterocycles. The Balaban J connectivity index is 1.63. The molecule has 0 radical (unpaired) electrons. The molecule has 0 aromatic carbocycles. The average molecular weight is 361 g/mol. The van der Waals surface area contributed by atoms with Crippen LogP contribution in [0.1, 0.15) is 40.0 Å². The molecule has 7 nitrogen and oxygen atoms in total. The Hall–Kier alpha value is -1.89. The van der Waals surface area contributed by atoms with Gasteiger partial charge in [-0.15, -0.1) is 0 Å². The van der Waals surface area contributed by atoms with Gasteiger partial charge in [0.2, 0.25) is 11.9 Å². The summed E-state index contributed by atoms with van der Waals surface area (Å²) in [6.07, 6.45) is 3.75. The van der Waals surface area contributed by atoms with Crippen LogP contribution in [0.2, 0.25) is 0 Å². The molecule has 1 N–H and O–H groups in total. The van der Waals surface area contributed by atoms with E-state index < -0.39 is 0 Å². The number of likely N-dealkylation sites (tertiary alicyclic amines) is 1. The number of carbonyl (C=O) groups excluding carboxylic acids is 1. The van der Waals surface area contributed by atoms with E-state index in [1.165, 1.54) is 0 Å². The largest absolute Gasteiger partial charge is 0.393 e. The fourth-order valence-electron chi connectivity index (χ4n) is 3.82.